The van der Waals surface area contributed by atoms with E-state index in [-0.39, 0.29) is 22.2 Å². The second kappa shape index (κ2) is 4.58. The van der Waals surface area contributed by atoms with Crippen LogP contribution in [-0.2, 0) is 9.53 Å². The lowest BCUT2D eigenvalue weighted by Gasteiger charge is -2.13. The number of rotatable bonds is 2. The molecule has 0 N–H and O–H groups in total. The van der Waals surface area contributed by atoms with Crippen LogP contribution >= 0.6 is 27.7 Å². The highest BCUT2D eigenvalue weighted by Crippen LogP contribution is 2.38. The van der Waals surface area contributed by atoms with Crippen molar-refractivity contribution in [3.8, 4) is 0 Å². The van der Waals surface area contributed by atoms with Crippen LogP contribution in [0.1, 0.15) is 6.92 Å². The highest BCUT2D eigenvalue weighted by atomic mass is 79.9. The molecule has 0 bridgehead atoms. The number of benzene rings is 1. The molecule has 1 fully saturated rings. The fraction of sp³-hybridized carbons (Fsp3) is 0.364. The maximum atomic E-state index is 11.3. The van der Waals surface area contributed by atoms with Crippen LogP contribution in [0.2, 0.25) is 0 Å². The van der Waals surface area contributed by atoms with Gasteiger partial charge in [0.1, 0.15) is 0 Å². The molecule has 3 atom stereocenters. The third-order valence-electron chi connectivity index (χ3n) is 2.37. The van der Waals surface area contributed by atoms with Crippen LogP contribution in [0.3, 0.4) is 0 Å². The van der Waals surface area contributed by atoms with Crippen molar-refractivity contribution in [1.29, 1.82) is 0 Å². The van der Waals surface area contributed by atoms with Gasteiger partial charge in [0.2, 0.25) is 0 Å². The number of esters is 1. The van der Waals surface area contributed by atoms with Gasteiger partial charge in [-0.15, -0.1) is 11.8 Å². The first kappa shape index (κ1) is 11.0. The molecule has 2 nitrogen and oxygen atoms in total. The van der Waals surface area contributed by atoms with Crippen molar-refractivity contribution in [3.63, 3.8) is 0 Å². The van der Waals surface area contributed by atoms with E-state index >= 15 is 0 Å². The molecule has 0 radical (unpaired) electrons. The van der Waals surface area contributed by atoms with Gasteiger partial charge >= 0.3 is 5.97 Å². The largest absolute Gasteiger partial charge is 0.449 e. The Labute approximate surface area is 102 Å². The highest BCUT2D eigenvalue weighted by molar-refractivity contribution is 9.09. The summed E-state index contributed by atoms with van der Waals surface area (Å²) in [6.07, 6.45) is 0. The van der Waals surface area contributed by atoms with E-state index < -0.39 is 0 Å². The van der Waals surface area contributed by atoms with Crippen molar-refractivity contribution in [2.45, 2.75) is 22.1 Å². The predicted molar refractivity (Wildman–Crippen MR) is 64.1 cm³/mol. The van der Waals surface area contributed by atoms with Crippen molar-refractivity contribution in [2.24, 2.45) is 5.92 Å². The Bertz CT molecular complexity index is 355. The Kier molecular flexibility index (Phi) is 3.36. The van der Waals surface area contributed by atoms with E-state index in [1.54, 1.807) is 11.8 Å². The van der Waals surface area contributed by atoms with Gasteiger partial charge in [-0.3, -0.25) is 4.79 Å². The minimum absolute atomic E-state index is 0.0559. The van der Waals surface area contributed by atoms with Crippen LogP contribution in [0.5, 0.6) is 0 Å². The summed E-state index contributed by atoms with van der Waals surface area (Å²) in [4.78, 5) is 12.5. The molecule has 80 valence electrons. The minimum atomic E-state index is -0.176. The van der Waals surface area contributed by atoms with Crippen LogP contribution < -0.4 is 0 Å². The number of thioether (sulfide) groups is 1. The number of carbonyl (C=O) groups is 1. The summed E-state index contributed by atoms with van der Waals surface area (Å²) < 4.78 is 5.12. The third kappa shape index (κ3) is 2.37. The lowest BCUT2D eigenvalue weighted by Crippen LogP contribution is -2.17. The average molecular weight is 287 g/mol. The van der Waals surface area contributed by atoms with E-state index in [1.807, 2.05) is 37.3 Å². The van der Waals surface area contributed by atoms with Gasteiger partial charge in [0.05, 0.1) is 11.2 Å². The lowest BCUT2D eigenvalue weighted by molar-refractivity contribution is -0.141. The normalized spacial score (nSPS) is 30.3. The molecule has 0 amide bonds. The number of alkyl halides is 1. The first-order chi connectivity index (χ1) is 7.18. The van der Waals surface area contributed by atoms with Gasteiger partial charge in [-0.2, -0.15) is 0 Å². The fourth-order valence-electron chi connectivity index (χ4n) is 1.46. The van der Waals surface area contributed by atoms with Gasteiger partial charge in [-0.1, -0.05) is 25.1 Å². The molecule has 0 aromatic heterocycles. The van der Waals surface area contributed by atoms with Crippen molar-refractivity contribution >= 4 is 33.7 Å². The maximum absolute atomic E-state index is 11.3. The molecule has 1 aliphatic rings. The molecule has 1 heterocycles. The molecule has 1 aromatic carbocycles. The number of ether oxygens (including phenoxy) is 1. The second-order valence-corrected chi connectivity index (χ2v) is 5.63. The first-order valence-corrected chi connectivity index (χ1v) is 6.54. The SMILES string of the molecule is C[C@@H]1C(=O)O[C@H](Br)[C@H]1Sc1ccccc1. The van der Waals surface area contributed by atoms with Crippen LogP contribution in [0, 0.1) is 5.92 Å². The molecular weight excluding hydrogens is 276 g/mol. The van der Waals surface area contributed by atoms with Crippen molar-refractivity contribution < 1.29 is 9.53 Å². The van der Waals surface area contributed by atoms with Gasteiger partial charge in [0.15, 0.2) is 5.01 Å². The van der Waals surface area contributed by atoms with E-state index in [2.05, 4.69) is 15.9 Å². The van der Waals surface area contributed by atoms with Crippen molar-refractivity contribution in [1.82, 2.24) is 0 Å². The van der Waals surface area contributed by atoms with Crippen molar-refractivity contribution in [2.75, 3.05) is 0 Å². The molecule has 4 heteroatoms. The molecule has 0 saturated carbocycles. The van der Waals surface area contributed by atoms with Crippen LogP contribution in [0.15, 0.2) is 35.2 Å². The molecule has 0 spiro atoms. The highest BCUT2D eigenvalue weighted by Gasteiger charge is 2.40. The number of cyclic esters (lactones) is 1. The summed E-state index contributed by atoms with van der Waals surface area (Å²) in [5.74, 6) is -0.176. The van der Waals surface area contributed by atoms with E-state index in [9.17, 15) is 4.79 Å². The van der Waals surface area contributed by atoms with E-state index in [4.69, 9.17) is 4.74 Å². The van der Waals surface area contributed by atoms with E-state index in [0.717, 1.165) is 4.90 Å². The number of hydrogen-bond acceptors (Lipinski definition) is 3. The van der Waals surface area contributed by atoms with Gasteiger partial charge < -0.3 is 4.74 Å². The molecule has 1 aromatic rings. The monoisotopic (exact) mass is 286 g/mol. The van der Waals surface area contributed by atoms with Crippen LogP contribution in [0.4, 0.5) is 0 Å². The van der Waals surface area contributed by atoms with E-state index in [0.29, 0.717) is 0 Å². The van der Waals surface area contributed by atoms with Gasteiger partial charge in [-0.05, 0) is 28.1 Å². The summed E-state index contributed by atoms with van der Waals surface area (Å²) in [6, 6.07) is 10.1. The van der Waals surface area contributed by atoms with Crippen molar-refractivity contribution in [3.05, 3.63) is 30.3 Å². The molecule has 1 saturated heterocycles. The third-order valence-corrected chi connectivity index (χ3v) is 4.95. The Morgan fingerprint density at radius 2 is 2.00 bits per heavy atom. The minimum Gasteiger partial charge on any atom is -0.449 e. The predicted octanol–water partition coefficient (Wildman–Crippen LogP) is 3.06. The zero-order chi connectivity index (χ0) is 10.8. The number of carbonyl (C=O) groups excluding carboxylic acids is 1. The standard InChI is InChI=1S/C11H11BrO2S/c1-7-9(10(12)14-11(7)13)15-8-5-3-2-4-6-8/h2-7,9-10H,1H3/t7-,9-,10-/m0/s1. The first-order valence-electron chi connectivity index (χ1n) is 4.75. The molecule has 0 aliphatic carbocycles. The lowest BCUT2D eigenvalue weighted by atomic mass is 10.1. The summed E-state index contributed by atoms with van der Waals surface area (Å²) in [5, 5.41) is -0.0230. The second-order valence-electron chi connectivity index (χ2n) is 3.47. The number of hydrogen-bond donors (Lipinski definition) is 0. The summed E-state index contributed by atoms with van der Waals surface area (Å²) in [5.41, 5.74) is 0. The Balaban J connectivity index is 2.09. The Morgan fingerprint density at radius 1 is 1.33 bits per heavy atom. The van der Waals surface area contributed by atoms with E-state index in [1.165, 1.54) is 0 Å². The van der Waals surface area contributed by atoms with Gasteiger partial charge in [-0.25, -0.2) is 0 Å². The summed E-state index contributed by atoms with van der Waals surface area (Å²) in [6.45, 7) is 1.91. The Morgan fingerprint density at radius 3 is 2.53 bits per heavy atom. The van der Waals surface area contributed by atoms with Crippen LogP contribution in [0.25, 0.3) is 0 Å². The fourth-order valence-corrected chi connectivity index (χ4v) is 3.53. The summed E-state index contributed by atoms with van der Waals surface area (Å²) in [7, 11) is 0. The molecule has 15 heavy (non-hydrogen) atoms. The summed E-state index contributed by atoms with van der Waals surface area (Å²) >= 11 is 5.06. The zero-order valence-corrected chi connectivity index (χ0v) is 10.6. The molecule has 1 aliphatic heterocycles. The van der Waals surface area contributed by atoms with Gasteiger partial charge in [0, 0.05) is 4.90 Å². The zero-order valence-electron chi connectivity index (χ0n) is 8.22. The molecule has 2 rings (SSSR count). The quantitative estimate of drug-likeness (QED) is 0.617. The maximum Gasteiger partial charge on any atom is 0.311 e. The Hall–Kier alpha value is -0.480. The number of halogens is 1. The smallest absolute Gasteiger partial charge is 0.311 e. The molecule has 0 unspecified atom stereocenters. The topological polar surface area (TPSA) is 26.3 Å². The van der Waals surface area contributed by atoms with Gasteiger partial charge in [0.25, 0.3) is 0 Å². The van der Waals surface area contributed by atoms with Crippen LogP contribution in [-0.4, -0.2) is 16.2 Å². The molecular formula is C11H11BrO2S. The average Bonchev–Trinajstić information content (AvgIpc) is 2.47.